The van der Waals surface area contributed by atoms with Crippen molar-refractivity contribution < 1.29 is 9.26 Å². The molecule has 4 aromatic rings. The SMILES string of the molecule is C=C[C@H]1CC[C@H](Cn2c(C3(OC)CCCC3)nc3nc(-c4noc(=O)[nH]4)nc(-c4cncc(Cl)c4)c32)CC1. The van der Waals surface area contributed by atoms with E-state index in [2.05, 4.69) is 32.3 Å². The Morgan fingerprint density at radius 2 is 2.00 bits per heavy atom. The molecule has 38 heavy (non-hydrogen) atoms. The lowest BCUT2D eigenvalue weighted by Gasteiger charge is -2.31. The predicted octanol–water partition coefficient (Wildman–Crippen LogP) is 5.29. The number of ether oxygens (including phenoxy) is 1. The van der Waals surface area contributed by atoms with Gasteiger partial charge in [-0.15, -0.1) is 6.58 Å². The second-order valence-electron chi connectivity index (χ2n) is 10.4. The van der Waals surface area contributed by atoms with Crippen LogP contribution in [0.3, 0.4) is 0 Å². The molecular weight excluding hydrogens is 506 g/mol. The molecule has 0 atom stereocenters. The van der Waals surface area contributed by atoms with E-state index < -0.39 is 11.4 Å². The number of imidazole rings is 1. The fourth-order valence-electron chi connectivity index (χ4n) is 6.07. The standard InChI is InChI=1S/C27H30ClN7O3/c1-3-16-6-8-17(9-7-16)15-35-21-20(18-12-19(28)14-29-13-18)30-23(24-33-26(36)38-34-24)31-22(21)32-25(35)27(37-2)10-4-5-11-27/h3,12-14,16-17H,1,4-11,15H2,2H3,(H,33,34,36)/t16-,17-. The Hall–Kier alpha value is -3.37. The van der Waals surface area contributed by atoms with Gasteiger partial charge in [0, 0.05) is 31.6 Å². The summed E-state index contributed by atoms with van der Waals surface area (Å²) in [5.41, 5.74) is 2.15. The molecule has 6 rings (SSSR count). The van der Waals surface area contributed by atoms with Crippen LogP contribution in [0.1, 0.15) is 57.2 Å². The van der Waals surface area contributed by atoms with Crippen LogP contribution in [0.2, 0.25) is 5.02 Å². The molecule has 2 aliphatic carbocycles. The zero-order chi connectivity index (χ0) is 26.3. The van der Waals surface area contributed by atoms with E-state index in [0.717, 1.165) is 74.8 Å². The van der Waals surface area contributed by atoms with E-state index in [1.54, 1.807) is 19.5 Å². The van der Waals surface area contributed by atoms with Crippen LogP contribution in [-0.4, -0.2) is 41.8 Å². The summed E-state index contributed by atoms with van der Waals surface area (Å²) in [6.07, 6.45) is 13.8. The van der Waals surface area contributed by atoms with Crippen molar-refractivity contribution in [3.63, 3.8) is 0 Å². The summed E-state index contributed by atoms with van der Waals surface area (Å²) in [7, 11) is 1.77. The zero-order valence-electron chi connectivity index (χ0n) is 21.3. The quantitative estimate of drug-likeness (QED) is 0.316. The van der Waals surface area contributed by atoms with E-state index in [9.17, 15) is 4.79 Å². The van der Waals surface area contributed by atoms with Gasteiger partial charge in [0.1, 0.15) is 22.6 Å². The van der Waals surface area contributed by atoms with Crippen molar-refractivity contribution in [1.29, 1.82) is 0 Å². The maximum absolute atomic E-state index is 11.7. The van der Waals surface area contributed by atoms with Gasteiger partial charge in [-0.05, 0) is 69.3 Å². The van der Waals surface area contributed by atoms with Gasteiger partial charge in [0.15, 0.2) is 5.65 Å². The molecule has 1 N–H and O–H groups in total. The largest absolute Gasteiger partial charge is 0.439 e. The van der Waals surface area contributed by atoms with E-state index in [1.165, 1.54) is 0 Å². The average molecular weight is 536 g/mol. The Kier molecular flexibility index (Phi) is 6.61. The normalized spacial score (nSPS) is 21.2. The Morgan fingerprint density at radius 3 is 2.66 bits per heavy atom. The first-order valence-electron chi connectivity index (χ1n) is 13.1. The molecule has 0 aliphatic heterocycles. The van der Waals surface area contributed by atoms with Crippen LogP contribution in [0.5, 0.6) is 0 Å². The average Bonchev–Trinajstić information content (AvgIpc) is 3.68. The van der Waals surface area contributed by atoms with Crippen molar-refractivity contribution in [1.82, 2.24) is 34.6 Å². The minimum atomic E-state index is -0.680. The lowest BCUT2D eigenvalue weighted by molar-refractivity contribution is -0.0193. The molecule has 0 spiro atoms. The van der Waals surface area contributed by atoms with Crippen LogP contribution in [-0.2, 0) is 16.9 Å². The minimum absolute atomic E-state index is 0.134. The molecule has 0 bridgehead atoms. The first-order valence-corrected chi connectivity index (χ1v) is 13.5. The van der Waals surface area contributed by atoms with Crippen LogP contribution < -0.4 is 5.76 Å². The number of fused-ring (bicyclic) bond motifs is 1. The molecule has 0 radical (unpaired) electrons. The molecule has 4 aromatic heterocycles. The number of pyridine rings is 1. The van der Waals surface area contributed by atoms with Crippen LogP contribution in [0.4, 0.5) is 0 Å². The van der Waals surface area contributed by atoms with E-state index in [0.29, 0.717) is 28.2 Å². The highest BCUT2D eigenvalue weighted by molar-refractivity contribution is 6.30. The number of hydrogen-bond acceptors (Lipinski definition) is 8. The predicted molar refractivity (Wildman–Crippen MR) is 142 cm³/mol. The summed E-state index contributed by atoms with van der Waals surface area (Å²) in [5.74, 6) is 1.59. The monoisotopic (exact) mass is 535 g/mol. The zero-order valence-corrected chi connectivity index (χ0v) is 22.1. The summed E-state index contributed by atoms with van der Waals surface area (Å²) < 4.78 is 13.2. The molecule has 198 valence electrons. The smallest absolute Gasteiger partial charge is 0.370 e. The molecule has 2 aliphatic rings. The topological polar surface area (TPSA) is 125 Å². The minimum Gasteiger partial charge on any atom is -0.370 e. The molecule has 0 aromatic carbocycles. The first-order chi connectivity index (χ1) is 18.5. The van der Waals surface area contributed by atoms with Crippen molar-refractivity contribution in [2.75, 3.05) is 7.11 Å². The van der Waals surface area contributed by atoms with Crippen molar-refractivity contribution in [2.24, 2.45) is 11.8 Å². The number of nitrogens with one attached hydrogen (secondary N) is 1. The second-order valence-corrected chi connectivity index (χ2v) is 10.8. The van der Waals surface area contributed by atoms with E-state index in [4.69, 9.17) is 35.8 Å². The molecule has 2 saturated carbocycles. The Labute approximate surface area is 224 Å². The molecule has 0 amide bonds. The highest BCUT2D eigenvalue weighted by Gasteiger charge is 2.41. The maximum Gasteiger partial charge on any atom is 0.439 e. The number of aromatic nitrogens is 7. The van der Waals surface area contributed by atoms with Crippen molar-refractivity contribution in [3.05, 3.63) is 52.5 Å². The molecule has 0 unspecified atom stereocenters. The summed E-state index contributed by atoms with van der Waals surface area (Å²) in [5, 5.41) is 4.30. The van der Waals surface area contributed by atoms with Gasteiger partial charge in [0.25, 0.3) is 0 Å². The Morgan fingerprint density at radius 1 is 1.21 bits per heavy atom. The fraction of sp³-hybridized carbons (Fsp3) is 0.481. The summed E-state index contributed by atoms with van der Waals surface area (Å²) >= 11 is 6.35. The molecule has 4 heterocycles. The van der Waals surface area contributed by atoms with Crippen LogP contribution in [0.25, 0.3) is 34.1 Å². The third-order valence-electron chi connectivity index (χ3n) is 8.11. The molecule has 2 fully saturated rings. The van der Waals surface area contributed by atoms with Gasteiger partial charge in [0.2, 0.25) is 11.6 Å². The number of methoxy groups -OCH3 is 1. The first kappa shape index (κ1) is 24.9. The highest BCUT2D eigenvalue weighted by atomic mass is 35.5. The van der Waals surface area contributed by atoms with Crippen LogP contribution >= 0.6 is 11.6 Å². The number of nitrogens with zero attached hydrogens (tertiary/aromatic N) is 6. The number of aromatic amines is 1. The summed E-state index contributed by atoms with van der Waals surface area (Å²) in [6.45, 7) is 4.78. The number of allylic oxidation sites excluding steroid dienone is 1. The van der Waals surface area contributed by atoms with Gasteiger partial charge in [-0.3, -0.25) is 14.5 Å². The summed E-state index contributed by atoms with van der Waals surface area (Å²) in [6, 6.07) is 1.82. The number of halogens is 1. The van der Waals surface area contributed by atoms with Crippen molar-refractivity contribution in [2.45, 2.75) is 63.5 Å². The van der Waals surface area contributed by atoms with Gasteiger partial charge in [-0.1, -0.05) is 22.8 Å². The highest BCUT2D eigenvalue weighted by Crippen LogP contribution is 2.44. The van der Waals surface area contributed by atoms with Gasteiger partial charge in [-0.25, -0.2) is 19.7 Å². The fourth-order valence-corrected chi connectivity index (χ4v) is 6.24. The van der Waals surface area contributed by atoms with Gasteiger partial charge >= 0.3 is 5.76 Å². The lowest BCUT2D eigenvalue weighted by atomic mass is 9.82. The van der Waals surface area contributed by atoms with E-state index in [-0.39, 0.29) is 11.6 Å². The lowest BCUT2D eigenvalue weighted by Crippen LogP contribution is -2.30. The van der Waals surface area contributed by atoms with Crippen LogP contribution in [0, 0.1) is 11.8 Å². The second kappa shape index (κ2) is 10.1. The Bertz CT molecular complexity index is 1530. The molecular formula is C27H30ClN7O3. The number of H-pyrrole nitrogens is 1. The maximum atomic E-state index is 11.7. The van der Waals surface area contributed by atoms with E-state index >= 15 is 0 Å². The van der Waals surface area contributed by atoms with E-state index in [1.807, 2.05) is 6.07 Å². The molecule has 0 saturated heterocycles. The third kappa shape index (κ3) is 4.45. The van der Waals surface area contributed by atoms with Crippen molar-refractivity contribution >= 4 is 22.8 Å². The molecule has 10 nitrogen and oxygen atoms in total. The van der Waals surface area contributed by atoms with Gasteiger partial charge < -0.3 is 9.30 Å². The summed E-state index contributed by atoms with van der Waals surface area (Å²) in [4.78, 5) is 33.2. The van der Waals surface area contributed by atoms with Gasteiger partial charge in [0.05, 0.1) is 5.02 Å². The number of rotatable bonds is 7. The van der Waals surface area contributed by atoms with Gasteiger partial charge in [-0.2, -0.15) is 0 Å². The number of hydrogen-bond donors (Lipinski definition) is 1. The Balaban J connectivity index is 1.58. The van der Waals surface area contributed by atoms with Crippen molar-refractivity contribution in [3.8, 4) is 22.9 Å². The third-order valence-corrected chi connectivity index (χ3v) is 8.32. The van der Waals surface area contributed by atoms with Crippen LogP contribution in [0.15, 0.2) is 40.4 Å². The molecule has 11 heteroatoms.